The molecule has 0 radical (unpaired) electrons. The normalized spacial score (nSPS) is 42.1. The molecular weight excluding hydrogens is 294 g/mol. The van der Waals surface area contributed by atoms with Gasteiger partial charge in [-0.25, -0.2) is 4.98 Å². The van der Waals surface area contributed by atoms with Gasteiger partial charge >= 0.3 is 0 Å². The molecule has 1 fully saturated rings. The second-order valence-electron chi connectivity index (χ2n) is 6.12. The Morgan fingerprint density at radius 2 is 2.35 bits per heavy atom. The minimum absolute atomic E-state index is 0.0473. The van der Waals surface area contributed by atoms with Crippen LogP contribution in [0.5, 0.6) is 0 Å². The van der Waals surface area contributed by atoms with Crippen molar-refractivity contribution in [2.24, 2.45) is 11.7 Å². The van der Waals surface area contributed by atoms with Crippen molar-refractivity contribution in [2.75, 3.05) is 10.6 Å². The number of hydrogen-bond donors (Lipinski definition) is 4. The predicted molar refractivity (Wildman–Crippen MR) is 90.4 cm³/mol. The Morgan fingerprint density at radius 3 is 2.96 bits per heavy atom. The van der Waals surface area contributed by atoms with E-state index in [1.165, 1.54) is 0 Å². The van der Waals surface area contributed by atoms with E-state index < -0.39 is 66.9 Å². The van der Waals surface area contributed by atoms with Gasteiger partial charge in [0.15, 0.2) is 0 Å². The number of carbonyl (C=O) groups excluding carboxylic acids is 1. The fraction of sp³-hybridized carbons (Fsp3) is 0.688. The van der Waals surface area contributed by atoms with Gasteiger partial charge in [0.1, 0.15) is 5.82 Å². The predicted octanol–water partition coefficient (Wildman–Crippen LogP) is 1.75. The number of nitrogens with two attached hydrogens (primary N) is 1. The van der Waals surface area contributed by atoms with E-state index in [0.29, 0.717) is 0 Å². The maximum Gasteiger partial charge on any atom is 0.254 e. The molecule has 1 heterocycles. The molecule has 0 aliphatic heterocycles. The van der Waals surface area contributed by atoms with E-state index in [0.717, 1.165) is 6.20 Å². The Bertz CT molecular complexity index is 866. The van der Waals surface area contributed by atoms with Crippen molar-refractivity contribution in [3.05, 3.63) is 11.8 Å². The van der Waals surface area contributed by atoms with Crippen LogP contribution in [0.15, 0.2) is 6.20 Å². The largest absolute Gasteiger partial charge is 0.393 e. The summed E-state index contributed by atoms with van der Waals surface area (Å²) >= 11 is 0. The van der Waals surface area contributed by atoms with Gasteiger partial charge in [-0.1, -0.05) is 6.85 Å². The number of primary amides is 1. The molecule has 1 aliphatic rings. The number of aliphatic hydroxyl groups excluding tert-OH is 1. The number of aromatic nitrogens is 2. The Hall–Kier alpha value is -1.89. The zero-order valence-corrected chi connectivity index (χ0v) is 13.1. The van der Waals surface area contributed by atoms with Crippen LogP contribution >= 0.6 is 0 Å². The summed E-state index contributed by atoms with van der Waals surface area (Å²) in [6.07, 6.45) is -10.0. The zero-order valence-electron chi connectivity index (χ0n) is 22.1. The molecule has 0 saturated heterocycles. The van der Waals surface area contributed by atoms with Crippen LogP contribution in [-0.4, -0.2) is 38.6 Å². The molecular formula is C16H27N5O2. The molecule has 0 spiro atoms. The summed E-state index contributed by atoms with van der Waals surface area (Å²) in [6.45, 7) is 2.29. The van der Waals surface area contributed by atoms with Crippen molar-refractivity contribution >= 4 is 17.7 Å². The molecule has 1 amide bonds. The zero-order chi connectivity index (χ0) is 25.1. The van der Waals surface area contributed by atoms with E-state index in [9.17, 15) is 9.90 Å². The number of hydrogen-bond acceptors (Lipinski definition) is 6. The van der Waals surface area contributed by atoms with Gasteiger partial charge in [0.25, 0.3) is 5.91 Å². The van der Waals surface area contributed by atoms with Crippen LogP contribution in [0.25, 0.3) is 0 Å². The standard InChI is InChI=1S/C16H27N5O2/c1-9-5-6-10(7-12(9)22)19-14-11(13(17)23)8-18-15(20-14)21-16(2,3)4/h8-10,12,22H,5-7H2,1-4H3,(H2,17,23)(H2,18,19,20,21)/i1D3,5D,6D2,7D2,10D. The summed E-state index contributed by atoms with van der Waals surface area (Å²) in [4.78, 5) is 19.8. The Morgan fingerprint density at radius 1 is 1.61 bits per heavy atom. The van der Waals surface area contributed by atoms with Crippen LogP contribution in [0.4, 0.5) is 11.8 Å². The van der Waals surface area contributed by atoms with E-state index >= 15 is 0 Å². The average Bonchev–Trinajstić information content (AvgIpc) is 2.57. The fourth-order valence-corrected chi connectivity index (χ4v) is 1.79. The highest BCUT2D eigenvalue weighted by Gasteiger charge is 2.27. The lowest BCUT2D eigenvalue weighted by atomic mass is 9.85. The van der Waals surface area contributed by atoms with E-state index in [2.05, 4.69) is 20.6 Å². The van der Waals surface area contributed by atoms with Gasteiger partial charge in [0.05, 0.1) is 13.0 Å². The third kappa shape index (κ3) is 4.79. The first-order valence-electron chi connectivity index (χ1n) is 11.6. The second kappa shape index (κ2) is 6.70. The number of nitrogens with one attached hydrogen (secondary N) is 2. The maximum absolute atomic E-state index is 11.9. The van der Waals surface area contributed by atoms with Crippen molar-refractivity contribution in [1.29, 1.82) is 0 Å². The quantitative estimate of drug-likeness (QED) is 0.669. The smallest absolute Gasteiger partial charge is 0.254 e. The molecule has 0 aromatic carbocycles. The number of aliphatic hydroxyl groups is 1. The molecule has 2 rings (SSSR count). The lowest BCUT2D eigenvalue weighted by Crippen LogP contribution is -2.36. The molecule has 1 aromatic rings. The van der Waals surface area contributed by atoms with Crippen LogP contribution in [0.2, 0.25) is 0 Å². The van der Waals surface area contributed by atoms with Crippen molar-refractivity contribution < 1.29 is 22.2 Å². The van der Waals surface area contributed by atoms with Crippen molar-refractivity contribution in [3.8, 4) is 0 Å². The van der Waals surface area contributed by atoms with Crippen LogP contribution in [0.1, 0.15) is 69.5 Å². The first-order chi connectivity index (χ1) is 14.2. The highest BCUT2D eigenvalue weighted by atomic mass is 16.3. The fourth-order valence-electron chi connectivity index (χ4n) is 1.79. The summed E-state index contributed by atoms with van der Waals surface area (Å²) < 4.78 is 72.6. The third-order valence-electron chi connectivity index (χ3n) is 2.82. The van der Waals surface area contributed by atoms with Crippen LogP contribution < -0.4 is 16.4 Å². The van der Waals surface area contributed by atoms with Crippen molar-refractivity contribution in [2.45, 2.75) is 64.4 Å². The summed E-state index contributed by atoms with van der Waals surface area (Å²) in [5.74, 6) is -3.71. The molecule has 23 heavy (non-hydrogen) atoms. The number of nitrogens with zero attached hydrogens (tertiary/aromatic N) is 2. The summed E-state index contributed by atoms with van der Waals surface area (Å²) in [5.41, 5.74) is 4.39. The van der Waals surface area contributed by atoms with E-state index in [-0.39, 0.29) is 5.95 Å². The van der Waals surface area contributed by atoms with Crippen molar-refractivity contribution in [1.82, 2.24) is 9.97 Å². The Balaban J connectivity index is 2.66. The lowest BCUT2D eigenvalue weighted by Gasteiger charge is -2.32. The van der Waals surface area contributed by atoms with Crippen LogP contribution in [0.3, 0.4) is 0 Å². The lowest BCUT2D eigenvalue weighted by molar-refractivity contribution is 0.0739. The SMILES string of the molecule is [2H]C1C(C([2H])([2H])[2H])C(O)C([2H])([2H])C([2H])(Nc2nc(NC(C)(C)C)ncc2C(N)=O)C1([2H])[2H]. The molecule has 7 nitrogen and oxygen atoms in total. The molecule has 1 aromatic heterocycles. The molecule has 7 heteroatoms. The van der Waals surface area contributed by atoms with Gasteiger partial charge < -0.3 is 21.5 Å². The first-order valence-corrected chi connectivity index (χ1v) is 7.00. The molecule has 1 saturated carbocycles. The van der Waals surface area contributed by atoms with Gasteiger partial charge in [-0.3, -0.25) is 4.79 Å². The number of anilines is 2. The Kier molecular flexibility index (Phi) is 2.57. The minimum Gasteiger partial charge on any atom is -0.393 e. The topological polar surface area (TPSA) is 113 Å². The number of amides is 1. The van der Waals surface area contributed by atoms with Gasteiger partial charge in [0, 0.05) is 28.7 Å². The summed E-state index contributed by atoms with van der Waals surface area (Å²) in [5, 5.41) is 15.6. The van der Waals surface area contributed by atoms with Crippen LogP contribution in [0, 0.1) is 5.92 Å². The average molecular weight is 330 g/mol. The minimum atomic E-state index is -3.23. The first kappa shape index (κ1) is 8.82. The van der Waals surface area contributed by atoms with Gasteiger partial charge in [-0.15, -0.1) is 0 Å². The molecule has 1 aliphatic carbocycles. The maximum atomic E-state index is 11.9. The summed E-state index contributed by atoms with van der Waals surface area (Å²) in [6, 6.07) is -3.13. The number of carbonyl (C=O) groups is 1. The van der Waals surface area contributed by atoms with E-state index in [1.54, 1.807) is 20.8 Å². The van der Waals surface area contributed by atoms with Crippen molar-refractivity contribution in [3.63, 3.8) is 0 Å². The molecule has 128 valence electrons. The van der Waals surface area contributed by atoms with Crippen LogP contribution in [-0.2, 0) is 0 Å². The third-order valence-corrected chi connectivity index (χ3v) is 2.82. The highest BCUT2D eigenvalue weighted by Crippen LogP contribution is 2.27. The molecule has 0 bridgehead atoms. The number of rotatable bonds is 4. The monoisotopic (exact) mass is 330 g/mol. The second-order valence-corrected chi connectivity index (χ2v) is 6.12. The molecule has 4 unspecified atom stereocenters. The van der Waals surface area contributed by atoms with E-state index in [1.807, 2.05) is 0 Å². The highest BCUT2D eigenvalue weighted by molar-refractivity contribution is 5.97. The van der Waals surface area contributed by atoms with Gasteiger partial charge in [-0.2, -0.15) is 4.98 Å². The van der Waals surface area contributed by atoms with Gasteiger partial charge in [-0.05, 0) is 45.8 Å². The molecule has 4 atom stereocenters. The van der Waals surface area contributed by atoms with E-state index in [4.69, 9.17) is 18.1 Å². The van der Waals surface area contributed by atoms with Gasteiger partial charge in [0.2, 0.25) is 5.95 Å². The molecule has 5 N–H and O–H groups in total. The summed E-state index contributed by atoms with van der Waals surface area (Å²) in [7, 11) is 0. The Labute approximate surface area is 149 Å².